The van der Waals surface area contributed by atoms with E-state index in [4.69, 9.17) is 32.7 Å². The number of methoxy groups -OCH3 is 2. The van der Waals surface area contributed by atoms with E-state index in [0.717, 1.165) is 0 Å². The molecule has 4 heterocycles. The first-order chi connectivity index (χ1) is 15.5. The van der Waals surface area contributed by atoms with Crippen LogP contribution in [-0.4, -0.2) is 61.2 Å². The van der Waals surface area contributed by atoms with Gasteiger partial charge in [0.25, 0.3) is 0 Å². The number of aromatic nitrogens is 7. The normalized spacial score (nSPS) is 12.4. The Bertz CT molecular complexity index is 1240. The molecule has 4 aromatic heterocycles. The molecule has 0 amide bonds. The van der Waals surface area contributed by atoms with Crippen molar-refractivity contribution in [3.63, 3.8) is 0 Å². The molecule has 0 fully saturated rings. The van der Waals surface area contributed by atoms with E-state index < -0.39 is 6.10 Å². The molecule has 0 aliphatic heterocycles. The average molecular weight is 476 g/mol. The lowest BCUT2D eigenvalue weighted by Gasteiger charge is -2.19. The van der Waals surface area contributed by atoms with Gasteiger partial charge < -0.3 is 9.47 Å². The molecule has 0 bridgehead atoms. The second-order valence-electron chi connectivity index (χ2n) is 6.95. The van der Waals surface area contributed by atoms with Gasteiger partial charge in [0.2, 0.25) is 0 Å². The lowest BCUT2D eigenvalue weighted by atomic mass is 10.0. The van der Waals surface area contributed by atoms with Crippen LogP contribution in [0.2, 0.25) is 10.2 Å². The number of halogens is 2. The minimum atomic E-state index is -0.457. The first-order valence-corrected chi connectivity index (χ1v) is 10.3. The van der Waals surface area contributed by atoms with Crippen molar-refractivity contribution in [3.8, 4) is 5.82 Å². The van der Waals surface area contributed by atoms with Gasteiger partial charge in [-0.2, -0.15) is 15.3 Å². The number of carbonyl (C=O) groups is 1. The molecular formula is C20H19Cl2N7O3. The third kappa shape index (κ3) is 4.63. The summed E-state index contributed by atoms with van der Waals surface area (Å²) in [6.45, 7) is 0.275. The molecule has 0 aliphatic rings. The van der Waals surface area contributed by atoms with Crippen molar-refractivity contribution < 1.29 is 14.3 Å². The van der Waals surface area contributed by atoms with Crippen LogP contribution in [0.1, 0.15) is 22.9 Å². The molecule has 0 spiro atoms. The predicted molar refractivity (Wildman–Crippen MR) is 116 cm³/mol. The van der Waals surface area contributed by atoms with Crippen LogP contribution in [0.3, 0.4) is 0 Å². The molecule has 0 saturated carbocycles. The molecule has 0 aromatic carbocycles. The monoisotopic (exact) mass is 475 g/mol. The molecule has 0 N–H and O–H groups in total. The van der Waals surface area contributed by atoms with Gasteiger partial charge in [-0.25, -0.2) is 14.5 Å². The fraction of sp³-hybridized carbons (Fsp3) is 0.300. The third-order valence-electron chi connectivity index (χ3n) is 4.75. The van der Waals surface area contributed by atoms with Crippen LogP contribution >= 0.6 is 23.2 Å². The number of carbonyl (C=O) groups excluding carboxylic acids is 1. The van der Waals surface area contributed by atoms with E-state index in [1.165, 1.54) is 17.2 Å². The molecular weight excluding hydrogens is 457 g/mol. The molecule has 4 aromatic rings. The lowest BCUT2D eigenvalue weighted by molar-refractivity contribution is -0.117. The minimum Gasteiger partial charge on any atom is -0.382 e. The van der Waals surface area contributed by atoms with Gasteiger partial charge in [0.1, 0.15) is 11.9 Å². The maximum atomic E-state index is 12.9. The van der Waals surface area contributed by atoms with Gasteiger partial charge >= 0.3 is 0 Å². The highest BCUT2D eigenvalue weighted by Crippen LogP contribution is 2.25. The standard InChI is InChI=1S/C20H19Cl2N7O3/c1-31-11-16(32-2)19-13(10-23-18-8-17(22)27-28(18)19)7-14(30)5-12-6-15(21)20(24-9-12)29-25-3-4-26-29/h3-4,6,8-10,16H,5,7,11H2,1-2H3/t16-/m1/s1. The highest BCUT2D eigenvalue weighted by atomic mass is 35.5. The van der Waals surface area contributed by atoms with Crippen molar-refractivity contribution in [3.05, 3.63) is 63.9 Å². The van der Waals surface area contributed by atoms with E-state index in [1.54, 1.807) is 43.3 Å². The van der Waals surface area contributed by atoms with Crippen LogP contribution < -0.4 is 0 Å². The number of hydrogen-bond donors (Lipinski definition) is 0. The Morgan fingerprint density at radius 3 is 2.56 bits per heavy atom. The topological polar surface area (TPSA) is 109 Å². The Labute approximate surface area is 193 Å². The summed E-state index contributed by atoms with van der Waals surface area (Å²) < 4.78 is 12.5. The summed E-state index contributed by atoms with van der Waals surface area (Å²) in [5.74, 6) is 0.337. The van der Waals surface area contributed by atoms with Crippen LogP contribution in [0.25, 0.3) is 11.5 Å². The fourth-order valence-corrected chi connectivity index (χ4v) is 3.83. The molecule has 0 radical (unpaired) electrons. The van der Waals surface area contributed by atoms with E-state index in [9.17, 15) is 4.79 Å². The second-order valence-corrected chi connectivity index (χ2v) is 7.74. The summed E-state index contributed by atoms with van der Waals surface area (Å²) in [5, 5.41) is 13.0. The number of fused-ring (bicyclic) bond motifs is 1. The molecule has 4 rings (SSSR count). The smallest absolute Gasteiger partial charge is 0.193 e. The first kappa shape index (κ1) is 22.3. The van der Waals surface area contributed by atoms with Gasteiger partial charge in [0.15, 0.2) is 16.6 Å². The molecule has 10 nitrogen and oxygen atoms in total. The largest absolute Gasteiger partial charge is 0.382 e. The first-order valence-electron chi connectivity index (χ1n) is 9.57. The van der Waals surface area contributed by atoms with Gasteiger partial charge in [-0.1, -0.05) is 23.2 Å². The number of ether oxygens (including phenoxy) is 2. The van der Waals surface area contributed by atoms with Gasteiger partial charge in [-0.05, 0) is 11.6 Å². The summed E-state index contributed by atoms with van der Waals surface area (Å²) in [6, 6.07) is 3.32. The van der Waals surface area contributed by atoms with Crippen molar-refractivity contribution in [1.82, 2.24) is 34.6 Å². The maximum absolute atomic E-state index is 12.9. The van der Waals surface area contributed by atoms with E-state index >= 15 is 0 Å². The predicted octanol–water partition coefficient (Wildman–Crippen LogP) is 2.70. The van der Waals surface area contributed by atoms with E-state index in [1.807, 2.05) is 0 Å². The van der Waals surface area contributed by atoms with E-state index in [-0.39, 0.29) is 25.2 Å². The molecule has 0 saturated heterocycles. The summed E-state index contributed by atoms with van der Waals surface area (Å²) >= 11 is 12.4. The van der Waals surface area contributed by atoms with Crippen molar-refractivity contribution in [1.29, 1.82) is 0 Å². The maximum Gasteiger partial charge on any atom is 0.193 e. The Morgan fingerprint density at radius 1 is 1.09 bits per heavy atom. The number of nitrogens with zero attached hydrogens (tertiary/aromatic N) is 7. The molecule has 0 aliphatic carbocycles. The number of pyridine rings is 1. The van der Waals surface area contributed by atoms with Crippen LogP contribution in [-0.2, 0) is 27.1 Å². The zero-order valence-electron chi connectivity index (χ0n) is 17.3. The number of ketones is 1. The number of Topliss-reactive ketones (excluding diaryl/α,β-unsaturated/α-hetero) is 1. The zero-order chi connectivity index (χ0) is 22.7. The summed E-state index contributed by atoms with van der Waals surface area (Å²) in [5.41, 5.74) is 2.56. The minimum absolute atomic E-state index is 0.0549. The summed E-state index contributed by atoms with van der Waals surface area (Å²) in [6.07, 6.45) is 6.07. The molecule has 12 heteroatoms. The van der Waals surface area contributed by atoms with E-state index in [2.05, 4.69) is 25.3 Å². The molecule has 0 unspecified atom stereocenters. The second kappa shape index (κ2) is 9.70. The molecule has 32 heavy (non-hydrogen) atoms. The number of rotatable bonds is 9. The average Bonchev–Trinajstić information content (AvgIpc) is 3.41. The van der Waals surface area contributed by atoms with Gasteiger partial charge in [-0.3, -0.25) is 4.79 Å². The third-order valence-corrected chi connectivity index (χ3v) is 5.22. The zero-order valence-corrected chi connectivity index (χ0v) is 18.8. The number of hydrogen-bond acceptors (Lipinski definition) is 8. The van der Waals surface area contributed by atoms with Crippen molar-refractivity contribution in [2.75, 3.05) is 20.8 Å². The van der Waals surface area contributed by atoms with Crippen molar-refractivity contribution >= 4 is 34.6 Å². The highest BCUT2D eigenvalue weighted by molar-refractivity contribution is 6.32. The Morgan fingerprint density at radius 2 is 1.88 bits per heavy atom. The van der Waals surface area contributed by atoms with Crippen LogP contribution in [0.15, 0.2) is 36.9 Å². The van der Waals surface area contributed by atoms with Gasteiger partial charge in [0, 0.05) is 51.1 Å². The Kier molecular flexibility index (Phi) is 6.75. The molecule has 1 atom stereocenters. The summed E-state index contributed by atoms with van der Waals surface area (Å²) in [4.78, 5) is 22.9. The summed E-state index contributed by atoms with van der Waals surface area (Å²) in [7, 11) is 3.14. The Hall–Kier alpha value is -2.92. The van der Waals surface area contributed by atoms with Gasteiger partial charge in [-0.15, -0.1) is 4.80 Å². The Balaban J connectivity index is 1.59. The molecule has 166 valence electrons. The fourth-order valence-electron chi connectivity index (χ4n) is 3.39. The van der Waals surface area contributed by atoms with Crippen molar-refractivity contribution in [2.24, 2.45) is 0 Å². The quantitative estimate of drug-likeness (QED) is 0.363. The van der Waals surface area contributed by atoms with Crippen LogP contribution in [0.4, 0.5) is 0 Å². The van der Waals surface area contributed by atoms with Crippen LogP contribution in [0.5, 0.6) is 0 Å². The SMILES string of the molecule is COC[C@@H](OC)c1c(CC(=O)Cc2cnc(-n3nccn3)c(Cl)c2)cnc2cc(Cl)nn12. The van der Waals surface area contributed by atoms with E-state index in [0.29, 0.717) is 38.5 Å². The van der Waals surface area contributed by atoms with Crippen LogP contribution in [0, 0.1) is 0 Å². The van der Waals surface area contributed by atoms with Gasteiger partial charge in [0.05, 0.1) is 29.7 Å². The lowest BCUT2D eigenvalue weighted by Crippen LogP contribution is -2.19. The van der Waals surface area contributed by atoms with Crippen molar-refractivity contribution in [2.45, 2.75) is 18.9 Å². The highest BCUT2D eigenvalue weighted by Gasteiger charge is 2.22.